The predicted molar refractivity (Wildman–Crippen MR) is 115 cm³/mol. The average Bonchev–Trinajstić information content (AvgIpc) is 3.12. The number of benzene rings is 2. The van der Waals surface area contributed by atoms with Gasteiger partial charge in [-0.1, -0.05) is 56.3 Å². The molecule has 0 aliphatic heterocycles. The Morgan fingerprint density at radius 1 is 1.07 bits per heavy atom. The summed E-state index contributed by atoms with van der Waals surface area (Å²) in [6.07, 6.45) is 1.65. The van der Waals surface area contributed by atoms with Gasteiger partial charge < -0.3 is 4.74 Å². The number of carbonyl (C=O) groups is 1. The molecular formula is C23H24N2O2S. The number of hydrazone groups is 1. The Morgan fingerprint density at radius 3 is 2.39 bits per heavy atom. The number of aryl methyl sites for hydroxylation is 1. The first-order valence-corrected chi connectivity index (χ1v) is 9.99. The topological polar surface area (TPSA) is 50.7 Å². The molecule has 0 aliphatic carbocycles. The van der Waals surface area contributed by atoms with Crippen LogP contribution in [-0.4, -0.2) is 18.7 Å². The second-order valence-corrected chi connectivity index (χ2v) is 8.01. The molecule has 3 aromatic rings. The molecule has 0 saturated carbocycles. The van der Waals surface area contributed by atoms with Crippen LogP contribution in [0.15, 0.2) is 71.1 Å². The Hall–Kier alpha value is -2.92. The third-order valence-electron chi connectivity index (χ3n) is 4.71. The number of ether oxygens (including phenoxy) is 1. The molecule has 0 unspecified atom stereocenters. The van der Waals surface area contributed by atoms with Crippen molar-refractivity contribution in [1.29, 1.82) is 0 Å². The van der Waals surface area contributed by atoms with Gasteiger partial charge in [0.25, 0.3) is 5.91 Å². The molecule has 28 heavy (non-hydrogen) atoms. The summed E-state index contributed by atoms with van der Waals surface area (Å²) < 4.78 is 5.57. The largest absolute Gasteiger partial charge is 0.484 e. The number of carbonyl (C=O) groups excluding carboxylic acids is 1. The summed E-state index contributed by atoms with van der Waals surface area (Å²) in [5.74, 6) is 0.361. The number of hydrogen-bond acceptors (Lipinski definition) is 4. The lowest BCUT2D eigenvalue weighted by atomic mass is 9.78. The van der Waals surface area contributed by atoms with Crippen LogP contribution < -0.4 is 10.2 Å². The quantitative estimate of drug-likeness (QED) is 0.459. The van der Waals surface area contributed by atoms with Crippen molar-refractivity contribution >= 4 is 23.5 Å². The molecule has 0 radical (unpaired) electrons. The van der Waals surface area contributed by atoms with Crippen LogP contribution >= 0.6 is 11.3 Å². The highest BCUT2D eigenvalue weighted by atomic mass is 32.1. The third kappa shape index (κ3) is 4.87. The van der Waals surface area contributed by atoms with Gasteiger partial charge in [0.15, 0.2) is 6.61 Å². The fourth-order valence-electron chi connectivity index (χ4n) is 2.85. The van der Waals surface area contributed by atoms with E-state index in [1.165, 1.54) is 11.1 Å². The van der Waals surface area contributed by atoms with E-state index in [1.54, 1.807) is 17.6 Å². The number of amides is 1. The van der Waals surface area contributed by atoms with Crippen LogP contribution in [0, 0.1) is 6.92 Å². The van der Waals surface area contributed by atoms with E-state index in [0.29, 0.717) is 5.75 Å². The molecule has 0 saturated heterocycles. The molecule has 1 amide bonds. The van der Waals surface area contributed by atoms with Gasteiger partial charge in [0.1, 0.15) is 5.75 Å². The third-order valence-corrected chi connectivity index (χ3v) is 5.67. The summed E-state index contributed by atoms with van der Waals surface area (Å²) in [7, 11) is 0. The molecule has 144 valence electrons. The summed E-state index contributed by atoms with van der Waals surface area (Å²) in [6, 6.07) is 20.3. The molecule has 0 spiro atoms. The molecule has 1 N–H and O–H groups in total. The van der Waals surface area contributed by atoms with Crippen molar-refractivity contribution in [2.24, 2.45) is 5.10 Å². The van der Waals surface area contributed by atoms with E-state index in [-0.39, 0.29) is 17.9 Å². The highest BCUT2D eigenvalue weighted by Crippen LogP contribution is 2.32. The second-order valence-electron chi connectivity index (χ2n) is 7.07. The molecule has 1 aromatic heterocycles. The van der Waals surface area contributed by atoms with Gasteiger partial charge in [-0.25, -0.2) is 5.43 Å². The van der Waals surface area contributed by atoms with Gasteiger partial charge in [0, 0.05) is 10.3 Å². The van der Waals surface area contributed by atoms with Gasteiger partial charge in [-0.05, 0) is 47.2 Å². The van der Waals surface area contributed by atoms with E-state index in [4.69, 9.17) is 4.74 Å². The Bertz CT molecular complexity index is 944. The number of thiophene rings is 1. The first kappa shape index (κ1) is 19.8. The van der Waals surface area contributed by atoms with Crippen molar-refractivity contribution in [3.05, 3.63) is 87.6 Å². The Kier molecular flexibility index (Phi) is 6.26. The molecule has 0 fully saturated rings. The van der Waals surface area contributed by atoms with Gasteiger partial charge in [0.2, 0.25) is 0 Å². The van der Waals surface area contributed by atoms with Crippen LogP contribution in [0.5, 0.6) is 5.75 Å². The fourth-order valence-corrected chi connectivity index (χ4v) is 3.64. The number of hydrogen-bond donors (Lipinski definition) is 1. The first-order chi connectivity index (χ1) is 13.5. The van der Waals surface area contributed by atoms with Crippen LogP contribution in [0.25, 0.3) is 0 Å². The number of rotatable bonds is 7. The summed E-state index contributed by atoms with van der Waals surface area (Å²) in [5, 5.41) is 5.96. The zero-order valence-electron chi connectivity index (χ0n) is 16.3. The minimum atomic E-state index is -0.292. The van der Waals surface area contributed by atoms with Crippen LogP contribution in [0.1, 0.15) is 35.4 Å². The molecule has 0 bridgehead atoms. The van der Waals surface area contributed by atoms with Crippen LogP contribution in [0.2, 0.25) is 0 Å². The lowest BCUT2D eigenvalue weighted by Gasteiger charge is -2.26. The lowest BCUT2D eigenvalue weighted by Crippen LogP contribution is -2.24. The van der Waals surface area contributed by atoms with Crippen molar-refractivity contribution < 1.29 is 9.53 Å². The number of nitrogens with one attached hydrogen (secondary N) is 1. The second kappa shape index (κ2) is 8.85. The van der Waals surface area contributed by atoms with E-state index in [9.17, 15) is 4.79 Å². The molecular weight excluding hydrogens is 368 g/mol. The van der Waals surface area contributed by atoms with E-state index >= 15 is 0 Å². The zero-order valence-corrected chi connectivity index (χ0v) is 17.1. The molecule has 5 heteroatoms. The maximum Gasteiger partial charge on any atom is 0.277 e. The van der Waals surface area contributed by atoms with Crippen LogP contribution in [-0.2, 0) is 10.2 Å². The van der Waals surface area contributed by atoms with Gasteiger partial charge >= 0.3 is 0 Å². The summed E-state index contributed by atoms with van der Waals surface area (Å²) in [4.78, 5) is 12.9. The first-order valence-electron chi connectivity index (χ1n) is 9.11. The molecule has 4 nitrogen and oxygen atoms in total. The van der Waals surface area contributed by atoms with Crippen molar-refractivity contribution in [1.82, 2.24) is 5.43 Å². The Labute approximate surface area is 169 Å². The predicted octanol–water partition coefficient (Wildman–Crippen LogP) is 4.91. The Balaban J connectivity index is 1.54. The molecule has 2 aromatic carbocycles. The maximum absolute atomic E-state index is 11.9. The summed E-state index contributed by atoms with van der Waals surface area (Å²) in [5.41, 5.74) is 5.96. The van der Waals surface area contributed by atoms with Crippen LogP contribution in [0.4, 0.5) is 0 Å². The highest BCUT2D eigenvalue weighted by molar-refractivity contribution is 7.11. The normalized spacial score (nSPS) is 11.5. The minimum Gasteiger partial charge on any atom is -0.484 e. The lowest BCUT2D eigenvalue weighted by molar-refractivity contribution is -0.123. The molecule has 0 atom stereocenters. The average molecular weight is 393 g/mol. The molecule has 0 aliphatic rings. The fraction of sp³-hybridized carbons (Fsp3) is 0.217. The van der Waals surface area contributed by atoms with Crippen molar-refractivity contribution in [3.63, 3.8) is 0 Å². The van der Waals surface area contributed by atoms with Crippen molar-refractivity contribution in [2.45, 2.75) is 26.2 Å². The van der Waals surface area contributed by atoms with E-state index < -0.39 is 0 Å². The zero-order chi connectivity index (χ0) is 20.0. The van der Waals surface area contributed by atoms with Crippen LogP contribution in [0.3, 0.4) is 0 Å². The van der Waals surface area contributed by atoms with E-state index in [1.807, 2.05) is 48.7 Å². The highest BCUT2D eigenvalue weighted by Gasteiger charge is 2.22. The Morgan fingerprint density at radius 2 is 1.75 bits per heavy atom. The van der Waals surface area contributed by atoms with Gasteiger partial charge in [0.05, 0.1) is 6.21 Å². The molecule has 1 heterocycles. The van der Waals surface area contributed by atoms with Gasteiger partial charge in [-0.2, -0.15) is 5.10 Å². The van der Waals surface area contributed by atoms with E-state index in [2.05, 4.69) is 48.6 Å². The summed E-state index contributed by atoms with van der Waals surface area (Å²) in [6.45, 7) is 6.31. The van der Waals surface area contributed by atoms with Gasteiger partial charge in [-0.15, -0.1) is 11.3 Å². The SMILES string of the molecule is Cc1ccsc1/C=N/NC(=O)COc1ccc(C(C)(C)c2ccccc2)cc1. The van der Waals surface area contributed by atoms with E-state index in [0.717, 1.165) is 10.4 Å². The monoisotopic (exact) mass is 392 g/mol. The smallest absolute Gasteiger partial charge is 0.277 e. The standard InChI is InChI=1S/C23H24N2O2S/c1-17-13-14-28-21(17)15-24-25-22(26)16-27-20-11-9-19(10-12-20)23(2,3)18-7-5-4-6-8-18/h4-15H,16H2,1-3H3,(H,25,26)/b24-15+. The minimum absolute atomic E-state index is 0.0812. The van der Waals surface area contributed by atoms with Crippen molar-refractivity contribution in [3.8, 4) is 5.75 Å². The molecule has 3 rings (SSSR count). The number of nitrogens with zero attached hydrogens (tertiary/aromatic N) is 1. The van der Waals surface area contributed by atoms with Gasteiger partial charge in [-0.3, -0.25) is 4.79 Å². The maximum atomic E-state index is 11.9. The van der Waals surface area contributed by atoms with Crippen molar-refractivity contribution in [2.75, 3.05) is 6.61 Å². The summed E-state index contributed by atoms with van der Waals surface area (Å²) >= 11 is 1.58.